The van der Waals surface area contributed by atoms with Crippen molar-refractivity contribution in [2.45, 2.75) is 13.3 Å². The highest BCUT2D eigenvalue weighted by Crippen LogP contribution is 2.29. The Bertz CT molecular complexity index is 775. The van der Waals surface area contributed by atoms with Gasteiger partial charge in [-0.3, -0.25) is 4.79 Å². The van der Waals surface area contributed by atoms with Crippen LogP contribution in [0.2, 0.25) is 10.0 Å². The van der Waals surface area contributed by atoms with Crippen LogP contribution < -0.4 is 14.8 Å². The van der Waals surface area contributed by atoms with Crippen molar-refractivity contribution in [2.24, 2.45) is 0 Å². The van der Waals surface area contributed by atoms with Crippen molar-refractivity contribution in [2.75, 3.05) is 19.0 Å². The molecular formula is C19H19Cl2NO3. The number of anilines is 1. The highest BCUT2D eigenvalue weighted by atomic mass is 35.5. The van der Waals surface area contributed by atoms with Gasteiger partial charge in [-0.05, 0) is 48.4 Å². The molecule has 0 saturated carbocycles. The van der Waals surface area contributed by atoms with Crippen molar-refractivity contribution in [1.29, 1.82) is 0 Å². The summed E-state index contributed by atoms with van der Waals surface area (Å²) in [6.07, 6.45) is 4.01. The van der Waals surface area contributed by atoms with Gasteiger partial charge in [-0.1, -0.05) is 36.2 Å². The lowest BCUT2D eigenvalue weighted by atomic mass is 10.2. The Labute approximate surface area is 157 Å². The first-order valence-electron chi connectivity index (χ1n) is 7.78. The summed E-state index contributed by atoms with van der Waals surface area (Å²) in [5.41, 5.74) is 1.28. The average Bonchev–Trinajstić information content (AvgIpc) is 2.61. The third-order valence-electron chi connectivity index (χ3n) is 3.26. The SMILES string of the molecule is CCCOc1ccc(/C=C/C(=O)Nc2cc(Cl)ccc2Cl)cc1OC. The molecule has 0 aliphatic rings. The number of amides is 1. The van der Waals surface area contributed by atoms with E-state index < -0.39 is 0 Å². The van der Waals surface area contributed by atoms with Gasteiger partial charge in [0.25, 0.3) is 0 Å². The van der Waals surface area contributed by atoms with Gasteiger partial charge in [0.2, 0.25) is 5.91 Å². The Morgan fingerprint density at radius 2 is 1.96 bits per heavy atom. The molecule has 4 nitrogen and oxygen atoms in total. The number of methoxy groups -OCH3 is 1. The minimum atomic E-state index is -0.311. The Morgan fingerprint density at radius 3 is 2.68 bits per heavy atom. The number of carbonyl (C=O) groups is 1. The molecule has 0 unspecified atom stereocenters. The van der Waals surface area contributed by atoms with Crippen LogP contribution in [0.3, 0.4) is 0 Å². The average molecular weight is 380 g/mol. The van der Waals surface area contributed by atoms with Crippen LogP contribution in [0.25, 0.3) is 6.08 Å². The van der Waals surface area contributed by atoms with Gasteiger partial charge in [0.05, 0.1) is 24.4 Å². The van der Waals surface area contributed by atoms with Crippen LogP contribution in [0, 0.1) is 0 Å². The predicted octanol–water partition coefficient (Wildman–Crippen LogP) is 5.44. The Balaban J connectivity index is 2.07. The summed E-state index contributed by atoms with van der Waals surface area (Å²) in [4.78, 5) is 12.1. The first kappa shape index (κ1) is 19.2. The number of benzene rings is 2. The van der Waals surface area contributed by atoms with Crippen LogP contribution in [-0.2, 0) is 4.79 Å². The summed E-state index contributed by atoms with van der Waals surface area (Å²) in [6.45, 7) is 2.66. The molecule has 0 atom stereocenters. The molecule has 0 saturated heterocycles. The highest BCUT2D eigenvalue weighted by molar-refractivity contribution is 6.35. The summed E-state index contributed by atoms with van der Waals surface area (Å²) in [7, 11) is 1.58. The quantitative estimate of drug-likeness (QED) is 0.651. The minimum absolute atomic E-state index is 0.311. The number of halogens is 2. The van der Waals surface area contributed by atoms with Crippen LogP contribution in [0.4, 0.5) is 5.69 Å². The molecule has 0 bridgehead atoms. The molecule has 2 aromatic rings. The molecule has 2 aromatic carbocycles. The third-order valence-corrected chi connectivity index (χ3v) is 3.83. The van der Waals surface area contributed by atoms with Crippen molar-refractivity contribution in [3.8, 4) is 11.5 Å². The maximum atomic E-state index is 12.1. The van der Waals surface area contributed by atoms with Gasteiger partial charge >= 0.3 is 0 Å². The van der Waals surface area contributed by atoms with Gasteiger partial charge in [0, 0.05) is 11.1 Å². The van der Waals surface area contributed by atoms with Gasteiger partial charge in [-0.15, -0.1) is 0 Å². The second-order valence-electron chi connectivity index (χ2n) is 5.21. The normalized spacial score (nSPS) is 10.7. The molecule has 1 N–H and O–H groups in total. The molecule has 6 heteroatoms. The van der Waals surface area contributed by atoms with Crippen molar-refractivity contribution in [3.63, 3.8) is 0 Å². The molecule has 0 aliphatic carbocycles. The lowest BCUT2D eigenvalue weighted by Crippen LogP contribution is -2.08. The predicted molar refractivity (Wildman–Crippen MR) is 103 cm³/mol. The molecule has 0 radical (unpaired) electrons. The smallest absolute Gasteiger partial charge is 0.248 e. The molecule has 132 valence electrons. The van der Waals surface area contributed by atoms with Crippen LogP contribution >= 0.6 is 23.2 Å². The zero-order chi connectivity index (χ0) is 18.2. The number of hydrogen-bond acceptors (Lipinski definition) is 3. The Hall–Kier alpha value is -2.17. The molecule has 2 rings (SSSR count). The van der Waals surface area contributed by atoms with Crippen molar-refractivity contribution < 1.29 is 14.3 Å². The van der Waals surface area contributed by atoms with E-state index >= 15 is 0 Å². The summed E-state index contributed by atoms with van der Waals surface area (Å²) >= 11 is 11.9. The molecule has 0 aliphatic heterocycles. The molecule has 0 heterocycles. The fourth-order valence-electron chi connectivity index (χ4n) is 2.06. The van der Waals surface area contributed by atoms with E-state index in [0.717, 1.165) is 12.0 Å². The molecule has 0 aromatic heterocycles. The molecule has 0 fully saturated rings. The zero-order valence-corrected chi connectivity index (χ0v) is 15.5. The van der Waals surface area contributed by atoms with E-state index in [4.69, 9.17) is 32.7 Å². The standard InChI is InChI=1S/C19H19Cl2NO3/c1-3-10-25-17-8-4-13(11-18(17)24-2)5-9-19(23)22-16-12-14(20)6-7-15(16)21/h4-9,11-12H,3,10H2,1-2H3,(H,22,23)/b9-5+. The first-order chi connectivity index (χ1) is 12.0. The molecular weight excluding hydrogens is 361 g/mol. The lowest BCUT2D eigenvalue weighted by Gasteiger charge is -2.10. The first-order valence-corrected chi connectivity index (χ1v) is 8.54. The van der Waals surface area contributed by atoms with E-state index in [1.807, 2.05) is 19.1 Å². The fraction of sp³-hybridized carbons (Fsp3) is 0.211. The second kappa shape index (κ2) is 9.35. The van der Waals surface area contributed by atoms with E-state index in [1.165, 1.54) is 6.08 Å². The van der Waals surface area contributed by atoms with Crippen molar-refractivity contribution in [3.05, 3.63) is 58.1 Å². The number of rotatable bonds is 7. The van der Waals surface area contributed by atoms with E-state index in [9.17, 15) is 4.79 Å². The topological polar surface area (TPSA) is 47.6 Å². The summed E-state index contributed by atoms with van der Waals surface area (Å²) < 4.78 is 10.9. The molecule has 1 amide bonds. The zero-order valence-electron chi connectivity index (χ0n) is 14.0. The molecule has 0 spiro atoms. The van der Waals surface area contributed by atoms with Gasteiger partial charge in [0.15, 0.2) is 11.5 Å². The van der Waals surface area contributed by atoms with E-state index in [2.05, 4.69) is 5.32 Å². The van der Waals surface area contributed by atoms with Crippen LogP contribution in [0.15, 0.2) is 42.5 Å². The van der Waals surface area contributed by atoms with Crippen LogP contribution in [0.5, 0.6) is 11.5 Å². The Kier molecular flexibility index (Phi) is 7.16. The summed E-state index contributed by atoms with van der Waals surface area (Å²) in [6, 6.07) is 10.4. The van der Waals surface area contributed by atoms with Gasteiger partial charge < -0.3 is 14.8 Å². The van der Waals surface area contributed by atoms with Gasteiger partial charge in [-0.25, -0.2) is 0 Å². The number of nitrogens with one attached hydrogen (secondary N) is 1. The fourth-order valence-corrected chi connectivity index (χ4v) is 2.40. The number of carbonyl (C=O) groups excluding carboxylic acids is 1. The molecule has 25 heavy (non-hydrogen) atoms. The monoisotopic (exact) mass is 379 g/mol. The van der Waals surface area contributed by atoms with E-state index in [1.54, 1.807) is 37.5 Å². The van der Waals surface area contributed by atoms with Crippen LogP contribution in [0.1, 0.15) is 18.9 Å². The number of ether oxygens (including phenoxy) is 2. The maximum absolute atomic E-state index is 12.1. The van der Waals surface area contributed by atoms with Crippen molar-refractivity contribution >= 4 is 40.9 Å². The lowest BCUT2D eigenvalue weighted by molar-refractivity contribution is -0.111. The minimum Gasteiger partial charge on any atom is -0.493 e. The third kappa shape index (κ3) is 5.69. The van der Waals surface area contributed by atoms with Crippen molar-refractivity contribution in [1.82, 2.24) is 0 Å². The second-order valence-corrected chi connectivity index (χ2v) is 6.05. The van der Waals surface area contributed by atoms with E-state index in [-0.39, 0.29) is 5.91 Å². The summed E-state index contributed by atoms with van der Waals surface area (Å²) in [5.74, 6) is 0.986. The number of hydrogen-bond donors (Lipinski definition) is 1. The maximum Gasteiger partial charge on any atom is 0.248 e. The Morgan fingerprint density at radius 1 is 1.16 bits per heavy atom. The van der Waals surface area contributed by atoms with E-state index in [0.29, 0.717) is 33.8 Å². The largest absolute Gasteiger partial charge is 0.493 e. The summed E-state index contributed by atoms with van der Waals surface area (Å²) in [5, 5.41) is 3.61. The van der Waals surface area contributed by atoms with Gasteiger partial charge in [0.1, 0.15) is 0 Å². The van der Waals surface area contributed by atoms with Crippen LogP contribution in [-0.4, -0.2) is 19.6 Å². The van der Waals surface area contributed by atoms with Gasteiger partial charge in [-0.2, -0.15) is 0 Å². The highest BCUT2D eigenvalue weighted by Gasteiger charge is 2.06.